The molecule has 2 unspecified atom stereocenters. The lowest BCUT2D eigenvalue weighted by atomic mass is 9.86. The van der Waals surface area contributed by atoms with E-state index in [4.69, 9.17) is 0 Å². The number of allylic oxidation sites excluding steroid dienone is 2. The van der Waals surface area contributed by atoms with Gasteiger partial charge in [0.25, 0.3) is 0 Å². The molecule has 2 aliphatic rings. The number of carbonyl (C=O) groups is 1. The lowest BCUT2D eigenvalue weighted by Gasteiger charge is -2.16. The second kappa shape index (κ2) is 3.72. The van der Waals surface area contributed by atoms with E-state index >= 15 is 0 Å². The molecule has 0 aromatic rings. The summed E-state index contributed by atoms with van der Waals surface area (Å²) in [7, 11) is 0. The maximum absolute atomic E-state index is 12.1. The van der Waals surface area contributed by atoms with Crippen molar-refractivity contribution in [2.45, 2.75) is 25.7 Å². The average molecular weight is 190 g/mol. The van der Waals surface area contributed by atoms with Gasteiger partial charge in [0.15, 0.2) is 0 Å². The number of ketones is 1. The highest BCUT2D eigenvalue weighted by atomic mass is 16.1. The fourth-order valence-corrected chi connectivity index (χ4v) is 2.21. The summed E-state index contributed by atoms with van der Waals surface area (Å²) in [6.45, 7) is 7.57. The van der Waals surface area contributed by atoms with Crippen LogP contribution in [0.5, 0.6) is 0 Å². The molecule has 76 valence electrons. The maximum atomic E-state index is 12.1. The molecule has 0 N–H and O–H groups in total. The molecule has 2 rings (SSSR count). The van der Waals surface area contributed by atoms with E-state index in [9.17, 15) is 4.79 Å². The molecule has 1 nitrogen and oxygen atoms in total. The minimum absolute atomic E-state index is 0.110. The Morgan fingerprint density at radius 1 is 1.00 bits per heavy atom. The van der Waals surface area contributed by atoms with Crippen LogP contribution in [0.4, 0.5) is 0 Å². The topological polar surface area (TPSA) is 17.1 Å². The standard InChI is InChI=1S/C13H18O/c1-3-11(9-5-6-9)13(14)12(4-2)10-7-8-10/h3-4,9-12H,1-2,5-8H2. The highest BCUT2D eigenvalue weighted by Gasteiger charge is 2.41. The van der Waals surface area contributed by atoms with E-state index in [1.54, 1.807) is 0 Å². The van der Waals surface area contributed by atoms with Gasteiger partial charge in [-0.2, -0.15) is 0 Å². The lowest BCUT2D eigenvalue weighted by Crippen LogP contribution is -2.23. The molecular weight excluding hydrogens is 172 g/mol. The molecule has 2 saturated carbocycles. The van der Waals surface area contributed by atoms with Crippen molar-refractivity contribution in [3.63, 3.8) is 0 Å². The van der Waals surface area contributed by atoms with Gasteiger partial charge in [0.1, 0.15) is 5.78 Å². The summed E-state index contributed by atoms with van der Waals surface area (Å²) >= 11 is 0. The molecule has 0 aliphatic heterocycles. The number of Topliss-reactive ketones (excluding diaryl/α,β-unsaturated/α-hetero) is 1. The summed E-state index contributed by atoms with van der Waals surface area (Å²) in [5, 5.41) is 0. The zero-order valence-corrected chi connectivity index (χ0v) is 8.61. The maximum Gasteiger partial charge on any atom is 0.147 e. The van der Waals surface area contributed by atoms with Crippen LogP contribution < -0.4 is 0 Å². The summed E-state index contributed by atoms with van der Waals surface area (Å²) < 4.78 is 0. The van der Waals surface area contributed by atoms with Crippen molar-refractivity contribution in [3.8, 4) is 0 Å². The first-order chi connectivity index (χ1) is 6.77. The summed E-state index contributed by atoms with van der Waals surface area (Å²) in [6, 6.07) is 0. The van der Waals surface area contributed by atoms with Crippen molar-refractivity contribution >= 4 is 5.78 Å². The van der Waals surface area contributed by atoms with Gasteiger partial charge in [-0.1, -0.05) is 12.2 Å². The molecule has 14 heavy (non-hydrogen) atoms. The van der Waals surface area contributed by atoms with Crippen molar-refractivity contribution in [3.05, 3.63) is 25.3 Å². The van der Waals surface area contributed by atoms with Gasteiger partial charge < -0.3 is 0 Å². The molecule has 0 amide bonds. The van der Waals surface area contributed by atoms with Crippen molar-refractivity contribution in [1.29, 1.82) is 0 Å². The SMILES string of the molecule is C=CC(C(=O)C(C=C)C1CC1)C1CC1. The van der Waals surface area contributed by atoms with Gasteiger partial charge in [-0.3, -0.25) is 4.79 Å². The van der Waals surface area contributed by atoms with E-state index in [2.05, 4.69) is 13.2 Å². The van der Waals surface area contributed by atoms with Crippen LogP contribution in [0.1, 0.15) is 25.7 Å². The number of hydrogen-bond donors (Lipinski definition) is 0. The number of hydrogen-bond acceptors (Lipinski definition) is 1. The highest BCUT2D eigenvalue weighted by Crippen LogP contribution is 2.44. The molecule has 0 radical (unpaired) electrons. The number of carbonyl (C=O) groups excluding carboxylic acids is 1. The Labute approximate surface area is 85.9 Å². The molecular formula is C13H18O. The van der Waals surface area contributed by atoms with Gasteiger partial charge in [-0.15, -0.1) is 13.2 Å². The minimum atomic E-state index is 0.110. The van der Waals surface area contributed by atoms with Gasteiger partial charge in [-0.25, -0.2) is 0 Å². The molecule has 0 saturated heterocycles. The van der Waals surface area contributed by atoms with Crippen LogP contribution in [0.15, 0.2) is 25.3 Å². The average Bonchev–Trinajstić information content (AvgIpc) is 3.01. The highest BCUT2D eigenvalue weighted by molar-refractivity contribution is 5.87. The van der Waals surface area contributed by atoms with Crippen LogP contribution in [0, 0.1) is 23.7 Å². The van der Waals surface area contributed by atoms with Gasteiger partial charge in [-0.05, 0) is 37.5 Å². The van der Waals surface area contributed by atoms with E-state index in [-0.39, 0.29) is 11.8 Å². The third-order valence-corrected chi connectivity index (χ3v) is 3.42. The molecule has 2 atom stereocenters. The van der Waals surface area contributed by atoms with Crippen LogP contribution >= 0.6 is 0 Å². The van der Waals surface area contributed by atoms with Crippen LogP contribution in [0.2, 0.25) is 0 Å². The second-order valence-corrected chi connectivity index (χ2v) is 4.60. The molecule has 1 heteroatoms. The van der Waals surface area contributed by atoms with Crippen molar-refractivity contribution in [1.82, 2.24) is 0 Å². The molecule has 2 aliphatic carbocycles. The molecule has 0 aromatic heterocycles. The van der Waals surface area contributed by atoms with Crippen molar-refractivity contribution in [2.75, 3.05) is 0 Å². The zero-order chi connectivity index (χ0) is 10.1. The Bertz CT molecular complexity index is 232. The Balaban J connectivity index is 2.02. The Kier molecular flexibility index (Phi) is 2.58. The summed E-state index contributed by atoms with van der Waals surface area (Å²) in [5.41, 5.74) is 0. The normalized spacial score (nSPS) is 25.1. The first-order valence-electron chi connectivity index (χ1n) is 5.56. The third kappa shape index (κ3) is 1.82. The smallest absolute Gasteiger partial charge is 0.147 e. The quantitative estimate of drug-likeness (QED) is 0.588. The van der Waals surface area contributed by atoms with E-state index in [1.165, 1.54) is 25.7 Å². The fourth-order valence-electron chi connectivity index (χ4n) is 2.21. The van der Waals surface area contributed by atoms with Crippen LogP contribution in [0.25, 0.3) is 0 Å². The summed E-state index contributed by atoms with van der Waals surface area (Å²) in [5.74, 6) is 1.79. The van der Waals surface area contributed by atoms with Crippen LogP contribution in [0.3, 0.4) is 0 Å². The van der Waals surface area contributed by atoms with E-state index in [0.29, 0.717) is 17.6 Å². The number of rotatable bonds is 6. The second-order valence-electron chi connectivity index (χ2n) is 4.60. The van der Waals surface area contributed by atoms with E-state index in [1.807, 2.05) is 12.2 Å². The summed E-state index contributed by atoms with van der Waals surface area (Å²) in [6.07, 6.45) is 8.51. The van der Waals surface area contributed by atoms with Crippen LogP contribution in [-0.4, -0.2) is 5.78 Å². The van der Waals surface area contributed by atoms with Gasteiger partial charge >= 0.3 is 0 Å². The first-order valence-corrected chi connectivity index (χ1v) is 5.56. The monoisotopic (exact) mass is 190 g/mol. The largest absolute Gasteiger partial charge is 0.298 e. The molecule has 0 aromatic carbocycles. The van der Waals surface area contributed by atoms with Gasteiger partial charge in [0.05, 0.1) is 0 Å². The zero-order valence-electron chi connectivity index (χ0n) is 8.61. The third-order valence-electron chi connectivity index (χ3n) is 3.42. The van der Waals surface area contributed by atoms with Crippen LogP contribution in [-0.2, 0) is 4.79 Å². The first kappa shape index (κ1) is 9.70. The lowest BCUT2D eigenvalue weighted by molar-refractivity contribution is -0.125. The Morgan fingerprint density at radius 2 is 1.36 bits per heavy atom. The Morgan fingerprint density at radius 3 is 1.57 bits per heavy atom. The van der Waals surface area contributed by atoms with Gasteiger partial charge in [0, 0.05) is 11.8 Å². The molecule has 0 heterocycles. The van der Waals surface area contributed by atoms with E-state index in [0.717, 1.165) is 0 Å². The minimum Gasteiger partial charge on any atom is -0.298 e. The Hall–Kier alpha value is -0.850. The predicted octanol–water partition coefficient (Wildman–Crippen LogP) is 2.98. The van der Waals surface area contributed by atoms with E-state index < -0.39 is 0 Å². The summed E-state index contributed by atoms with van der Waals surface area (Å²) in [4.78, 5) is 12.1. The molecule has 2 fully saturated rings. The van der Waals surface area contributed by atoms with Gasteiger partial charge in [0.2, 0.25) is 0 Å². The molecule has 0 spiro atoms. The predicted molar refractivity (Wildman–Crippen MR) is 57.8 cm³/mol. The van der Waals surface area contributed by atoms with Crippen molar-refractivity contribution in [2.24, 2.45) is 23.7 Å². The molecule has 0 bridgehead atoms. The fraction of sp³-hybridized carbons (Fsp3) is 0.615. The van der Waals surface area contributed by atoms with Crippen molar-refractivity contribution < 1.29 is 4.79 Å².